The lowest BCUT2D eigenvalue weighted by Gasteiger charge is -2.12. The Morgan fingerprint density at radius 3 is 2.56 bits per heavy atom. The Balaban J connectivity index is 2.72. The maximum Gasteiger partial charge on any atom is 0.326 e. The van der Waals surface area contributed by atoms with E-state index in [9.17, 15) is 9.59 Å². The van der Waals surface area contributed by atoms with Crippen LogP contribution in [0.1, 0.15) is 48.3 Å². The molecule has 100 valence electrons. The highest BCUT2D eigenvalue weighted by Crippen LogP contribution is 2.10. The Labute approximate surface area is 105 Å². The Hall–Kier alpha value is -1.85. The molecule has 0 aromatic carbocycles. The van der Waals surface area contributed by atoms with Crippen LogP contribution in [0.4, 0.5) is 0 Å². The number of carbonyl (C=O) groups excluding carboxylic acids is 1. The number of carbonyl (C=O) groups is 2. The van der Waals surface area contributed by atoms with E-state index in [2.05, 4.69) is 10.3 Å². The van der Waals surface area contributed by atoms with Gasteiger partial charge >= 0.3 is 5.97 Å². The third-order valence-corrected chi connectivity index (χ3v) is 2.56. The van der Waals surface area contributed by atoms with E-state index < -0.39 is 17.9 Å². The van der Waals surface area contributed by atoms with Gasteiger partial charge in [-0.2, -0.15) is 0 Å². The summed E-state index contributed by atoms with van der Waals surface area (Å²) in [6.45, 7) is 5.24. The van der Waals surface area contributed by atoms with Crippen molar-refractivity contribution >= 4 is 11.9 Å². The molecule has 18 heavy (non-hydrogen) atoms. The number of amides is 1. The molecule has 0 saturated heterocycles. The molecular formula is C12H18N2O4. The lowest BCUT2D eigenvalue weighted by molar-refractivity contribution is -0.139. The summed E-state index contributed by atoms with van der Waals surface area (Å²) in [7, 11) is 0. The zero-order valence-corrected chi connectivity index (χ0v) is 10.8. The molecule has 0 fully saturated rings. The average molecular weight is 254 g/mol. The second kappa shape index (κ2) is 6.18. The molecule has 6 heteroatoms. The van der Waals surface area contributed by atoms with E-state index >= 15 is 0 Å². The molecule has 1 unspecified atom stereocenters. The van der Waals surface area contributed by atoms with Crippen molar-refractivity contribution in [2.75, 3.05) is 0 Å². The van der Waals surface area contributed by atoms with E-state index in [-0.39, 0.29) is 5.76 Å². The van der Waals surface area contributed by atoms with Crippen LogP contribution in [0.5, 0.6) is 0 Å². The normalized spacial score (nSPS) is 12.2. The second-order valence-electron chi connectivity index (χ2n) is 4.15. The number of carboxylic acids is 1. The van der Waals surface area contributed by atoms with E-state index in [1.165, 1.54) is 0 Å². The van der Waals surface area contributed by atoms with Crippen LogP contribution in [0.2, 0.25) is 0 Å². The fraction of sp³-hybridized carbons (Fsp3) is 0.583. The summed E-state index contributed by atoms with van der Waals surface area (Å²) in [6, 6.07) is -0.887. The van der Waals surface area contributed by atoms with Gasteiger partial charge in [-0.05, 0) is 13.3 Å². The number of aliphatic carboxylic acids is 1. The zero-order chi connectivity index (χ0) is 13.7. The second-order valence-corrected chi connectivity index (χ2v) is 4.15. The summed E-state index contributed by atoms with van der Waals surface area (Å²) >= 11 is 0. The molecule has 1 atom stereocenters. The van der Waals surface area contributed by atoms with Crippen molar-refractivity contribution in [3.63, 3.8) is 0 Å². The van der Waals surface area contributed by atoms with E-state index in [0.29, 0.717) is 18.0 Å². The van der Waals surface area contributed by atoms with Gasteiger partial charge in [0.15, 0.2) is 5.89 Å². The van der Waals surface area contributed by atoms with Crippen molar-refractivity contribution in [3.8, 4) is 0 Å². The van der Waals surface area contributed by atoms with Crippen molar-refractivity contribution in [3.05, 3.63) is 17.3 Å². The van der Waals surface area contributed by atoms with Gasteiger partial charge in [-0.3, -0.25) is 4.79 Å². The van der Waals surface area contributed by atoms with Crippen molar-refractivity contribution in [1.29, 1.82) is 0 Å². The first-order valence-corrected chi connectivity index (χ1v) is 5.93. The van der Waals surface area contributed by atoms with Crippen LogP contribution < -0.4 is 5.32 Å². The smallest absolute Gasteiger partial charge is 0.326 e. The molecule has 0 saturated carbocycles. The molecule has 1 aromatic heterocycles. The van der Waals surface area contributed by atoms with Gasteiger partial charge in [0.1, 0.15) is 6.04 Å². The summed E-state index contributed by atoms with van der Waals surface area (Å²) < 4.78 is 5.15. The van der Waals surface area contributed by atoms with Crippen LogP contribution in [0.3, 0.4) is 0 Å². The summed E-state index contributed by atoms with van der Waals surface area (Å²) in [6.07, 6.45) is 2.02. The minimum absolute atomic E-state index is 0.0789. The molecule has 1 amide bonds. The molecule has 2 N–H and O–H groups in total. The van der Waals surface area contributed by atoms with Crippen LogP contribution in [-0.4, -0.2) is 28.0 Å². The number of rotatable bonds is 6. The van der Waals surface area contributed by atoms with Crippen LogP contribution >= 0.6 is 0 Å². The highest BCUT2D eigenvalue weighted by atomic mass is 16.4. The number of nitrogens with zero attached hydrogens (tertiary/aromatic N) is 1. The quantitative estimate of drug-likeness (QED) is 0.805. The average Bonchev–Trinajstić information content (AvgIpc) is 2.63. The molecule has 6 nitrogen and oxygen atoms in total. The van der Waals surface area contributed by atoms with Crippen molar-refractivity contribution < 1.29 is 19.1 Å². The predicted octanol–water partition coefficient (Wildman–Crippen LogP) is 1.66. The first-order valence-electron chi connectivity index (χ1n) is 5.93. The van der Waals surface area contributed by atoms with Crippen LogP contribution in [0.15, 0.2) is 4.42 Å². The maximum absolute atomic E-state index is 11.8. The highest BCUT2D eigenvalue weighted by molar-refractivity contribution is 5.95. The van der Waals surface area contributed by atoms with Gasteiger partial charge in [0.25, 0.3) is 5.91 Å². The number of carboxylic acid groups (broad SMARTS) is 1. The van der Waals surface area contributed by atoms with E-state index in [4.69, 9.17) is 9.52 Å². The molecule has 1 heterocycles. The van der Waals surface area contributed by atoms with Gasteiger partial charge in [-0.15, -0.1) is 0 Å². The molecule has 0 spiro atoms. The maximum atomic E-state index is 11.8. The molecule has 1 aromatic rings. The molecule has 0 radical (unpaired) electrons. The number of hydrogen-bond donors (Lipinski definition) is 2. The van der Waals surface area contributed by atoms with Gasteiger partial charge in [-0.1, -0.05) is 19.8 Å². The largest absolute Gasteiger partial charge is 0.480 e. The molecule has 0 aliphatic rings. The van der Waals surface area contributed by atoms with Crippen molar-refractivity contribution in [2.24, 2.45) is 0 Å². The first-order chi connectivity index (χ1) is 8.45. The summed E-state index contributed by atoms with van der Waals surface area (Å²) in [5, 5.41) is 11.5. The molecule has 0 aliphatic carbocycles. The van der Waals surface area contributed by atoms with Crippen LogP contribution in [0.25, 0.3) is 0 Å². The monoisotopic (exact) mass is 254 g/mol. The Kier molecular flexibility index (Phi) is 4.88. The third kappa shape index (κ3) is 3.58. The van der Waals surface area contributed by atoms with E-state index in [1.807, 2.05) is 6.92 Å². The summed E-state index contributed by atoms with van der Waals surface area (Å²) in [5.74, 6) is -1.10. The van der Waals surface area contributed by atoms with Gasteiger partial charge in [0, 0.05) is 6.92 Å². The van der Waals surface area contributed by atoms with Gasteiger partial charge in [-0.25, -0.2) is 9.78 Å². The van der Waals surface area contributed by atoms with Crippen LogP contribution in [0, 0.1) is 13.8 Å². The number of aryl methyl sites for hydroxylation is 2. The summed E-state index contributed by atoms with van der Waals surface area (Å²) in [5.41, 5.74) is 0.463. The molecule has 0 aliphatic heterocycles. The zero-order valence-electron chi connectivity index (χ0n) is 10.8. The van der Waals surface area contributed by atoms with Crippen LogP contribution in [-0.2, 0) is 4.79 Å². The fourth-order valence-electron chi connectivity index (χ4n) is 1.63. The SMILES string of the molecule is CCCCC(NC(=O)c1oc(C)nc1C)C(=O)O. The van der Waals surface area contributed by atoms with Gasteiger partial charge in [0.2, 0.25) is 5.76 Å². The van der Waals surface area contributed by atoms with Gasteiger partial charge in [0.05, 0.1) is 5.69 Å². The molecule has 1 rings (SSSR count). The van der Waals surface area contributed by atoms with Crippen molar-refractivity contribution in [1.82, 2.24) is 10.3 Å². The lowest BCUT2D eigenvalue weighted by atomic mass is 10.1. The predicted molar refractivity (Wildman–Crippen MR) is 64.4 cm³/mol. The van der Waals surface area contributed by atoms with Crippen molar-refractivity contribution in [2.45, 2.75) is 46.1 Å². The number of hydrogen-bond acceptors (Lipinski definition) is 4. The number of aromatic nitrogens is 1. The van der Waals surface area contributed by atoms with E-state index in [0.717, 1.165) is 12.8 Å². The third-order valence-electron chi connectivity index (χ3n) is 2.56. The molecule has 0 bridgehead atoms. The highest BCUT2D eigenvalue weighted by Gasteiger charge is 2.23. The number of nitrogens with one attached hydrogen (secondary N) is 1. The Bertz CT molecular complexity index is 439. The fourth-order valence-corrected chi connectivity index (χ4v) is 1.63. The topological polar surface area (TPSA) is 92.4 Å². The number of unbranched alkanes of at least 4 members (excludes halogenated alkanes) is 1. The first kappa shape index (κ1) is 14.2. The Morgan fingerprint density at radius 2 is 2.11 bits per heavy atom. The summed E-state index contributed by atoms with van der Waals surface area (Å²) in [4.78, 5) is 26.8. The molecular weight excluding hydrogens is 236 g/mol. The Morgan fingerprint density at radius 1 is 1.44 bits per heavy atom. The standard InChI is InChI=1S/C12H18N2O4/c1-4-5-6-9(12(16)17)14-11(15)10-7(2)13-8(3)18-10/h9H,4-6H2,1-3H3,(H,14,15)(H,16,17). The minimum Gasteiger partial charge on any atom is -0.480 e. The lowest BCUT2D eigenvalue weighted by Crippen LogP contribution is -2.40. The minimum atomic E-state index is -1.04. The number of oxazole rings is 1. The van der Waals surface area contributed by atoms with Gasteiger partial charge < -0.3 is 14.8 Å². The van der Waals surface area contributed by atoms with E-state index in [1.54, 1.807) is 13.8 Å².